The number of aromatic nitrogens is 1. The third-order valence-electron chi connectivity index (χ3n) is 1.25. The van der Waals surface area contributed by atoms with Gasteiger partial charge in [0.25, 0.3) is 0 Å². The molecule has 1 rings (SSSR count). The standard InChI is InChI=1S/C7H9NO2S/c1-6-4-7(2-3-8-6)5-11(9)10/h2-4H,5H2,1H3,(H,9,10). The van der Waals surface area contributed by atoms with E-state index >= 15 is 0 Å². The van der Waals surface area contributed by atoms with Crippen molar-refractivity contribution in [3.63, 3.8) is 0 Å². The zero-order valence-corrected chi connectivity index (χ0v) is 6.97. The Morgan fingerprint density at radius 3 is 3.00 bits per heavy atom. The average Bonchev–Trinajstić information content (AvgIpc) is 1.85. The molecule has 0 saturated heterocycles. The lowest BCUT2D eigenvalue weighted by Crippen LogP contribution is -1.93. The van der Waals surface area contributed by atoms with Crippen LogP contribution in [0.5, 0.6) is 0 Å². The zero-order valence-electron chi connectivity index (χ0n) is 6.15. The zero-order chi connectivity index (χ0) is 8.27. The highest BCUT2D eigenvalue weighted by atomic mass is 32.2. The first kappa shape index (κ1) is 8.36. The van der Waals surface area contributed by atoms with Gasteiger partial charge in [0.05, 0.1) is 5.75 Å². The summed E-state index contributed by atoms with van der Waals surface area (Å²) >= 11 is -1.75. The van der Waals surface area contributed by atoms with Crippen molar-refractivity contribution in [1.29, 1.82) is 0 Å². The summed E-state index contributed by atoms with van der Waals surface area (Å²) in [5.74, 6) is 0.184. The van der Waals surface area contributed by atoms with E-state index in [4.69, 9.17) is 4.55 Å². The Morgan fingerprint density at radius 1 is 1.73 bits per heavy atom. The van der Waals surface area contributed by atoms with Crippen LogP contribution >= 0.6 is 0 Å². The molecule has 0 aromatic carbocycles. The Hall–Kier alpha value is -0.740. The minimum absolute atomic E-state index is 0.184. The molecule has 1 heterocycles. The normalized spacial score (nSPS) is 12.9. The van der Waals surface area contributed by atoms with Crippen LogP contribution in [-0.4, -0.2) is 13.7 Å². The SMILES string of the molecule is Cc1cc(CS(=O)O)ccn1. The summed E-state index contributed by atoms with van der Waals surface area (Å²) in [5, 5.41) is 0. The van der Waals surface area contributed by atoms with E-state index in [1.54, 1.807) is 18.3 Å². The third-order valence-corrected chi connectivity index (χ3v) is 1.83. The molecule has 1 N–H and O–H groups in total. The first-order valence-corrected chi connectivity index (χ1v) is 4.45. The van der Waals surface area contributed by atoms with Crippen LogP contribution in [0.3, 0.4) is 0 Å². The Kier molecular flexibility index (Phi) is 2.73. The average molecular weight is 171 g/mol. The van der Waals surface area contributed by atoms with E-state index in [0.717, 1.165) is 11.3 Å². The molecule has 0 bridgehead atoms. The van der Waals surface area contributed by atoms with Gasteiger partial charge in [-0.15, -0.1) is 0 Å². The predicted octanol–water partition coefficient (Wildman–Crippen LogP) is 1.11. The van der Waals surface area contributed by atoms with Crippen molar-refractivity contribution < 1.29 is 8.76 Å². The molecular formula is C7H9NO2S. The van der Waals surface area contributed by atoms with Gasteiger partial charge in [0.15, 0.2) is 11.1 Å². The molecule has 1 atom stereocenters. The highest BCUT2D eigenvalue weighted by Gasteiger charge is 1.97. The number of aryl methyl sites for hydroxylation is 1. The fourth-order valence-electron chi connectivity index (χ4n) is 0.837. The summed E-state index contributed by atoms with van der Waals surface area (Å²) in [5.41, 5.74) is 1.71. The third kappa shape index (κ3) is 2.78. The van der Waals surface area contributed by atoms with Gasteiger partial charge in [-0.25, -0.2) is 4.21 Å². The van der Waals surface area contributed by atoms with Crippen LogP contribution in [0, 0.1) is 6.92 Å². The van der Waals surface area contributed by atoms with Crippen LogP contribution in [0.15, 0.2) is 18.3 Å². The molecule has 0 aliphatic heterocycles. The smallest absolute Gasteiger partial charge is 0.157 e. The molecule has 60 valence electrons. The summed E-state index contributed by atoms with van der Waals surface area (Å²) in [7, 11) is 0. The Labute approximate surface area is 67.8 Å². The molecule has 0 aliphatic carbocycles. The van der Waals surface area contributed by atoms with Crippen molar-refractivity contribution in [2.75, 3.05) is 0 Å². The number of hydrogen-bond donors (Lipinski definition) is 1. The summed E-state index contributed by atoms with van der Waals surface area (Å²) in [6.45, 7) is 1.85. The van der Waals surface area contributed by atoms with Crippen molar-refractivity contribution in [2.45, 2.75) is 12.7 Å². The van der Waals surface area contributed by atoms with Crippen molar-refractivity contribution in [3.05, 3.63) is 29.6 Å². The van der Waals surface area contributed by atoms with Gasteiger partial charge in [-0.3, -0.25) is 4.98 Å². The maximum absolute atomic E-state index is 10.4. The molecule has 0 spiro atoms. The van der Waals surface area contributed by atoms with Crippen molar-refractivity contribution in [1.82, 2.24) is 4.98 Å². The van der Waals surface area contributed by atoms with Crippen LogP contribution in [0.1, 0.15) is 11.3 Å². The van der Waals surface area contributed by atoms with Crippen molar-refractivity contribution in [2.24, 2.45) is 0 Å². The largest absolute Gasteiger partial charge is 0.306 e. The molecule has 11 heavy (non-hydrogen) atoms. The van der Waals surface area contributed by atoms with E-state index in [2.05, 4.69) is 4.98 Å². The second kappa shape index (κ2) is 3.59. The van der Waals surface area contributed by atoms with Crippen LogP contribution in [-0.2, 0) is 16.8 Å². The fraction of sp³-hybridized carbons (Fsp3) is 0.286. The Balaban J connectivity index is 2.79. The molecule has 0 aliphatic rings. The number of nitrogens with zero attached hydrogens (tertiary/aromatic N) is 1. The van der Waals surface area contributed by atoms with Crippen LogP contribution in [0.2, 0.25) is 0 Å². The maximum atomic E-state index is 10.4. The van der Waals surface area contributed by atoms with Crippen LogP contribution in [0.4, 0.5) is 0 Å². The lowest BCUT2D eigenvalue weighted by molar-refractivity contribution is 0.563. The maximum Gasteiger partial charge on any atom is 0.157 e. The summed E-state index contributed by atoms with van der Waals surface area (Å²) in [6, 6.07) is 3.54. The van der Waals surface area contributed by atoms with Gasteiger partial charge in [0.1, 0.15) is 0 Å². The lowest BCUT2D eigenvalue weighted by atomic mass is 10.2. The van der Waals surface area contributed by atoms with Gasteiger partial charge in [-0.2, -0.15) is 0 Å². The molecule has 0 amide bonds. The molecule has 1 aromatic heterocycles. The van der Waals surface area contributed by atoms with Gasteiger partial charge in [-0.05, 0) is 24.6 Å². The lowest BCUT2D eigenvalue weighted by Gasteiger charge is -1.96. The minimum atomic E-state index is -1.75. The highest BCUT2D eigenvalue weighted by molar-refractivity contribution is 7.78. The molecule has 1 aromatic rings. The van der Waals surface area contributed by atoms with Gasteiger partial charge < -0.3 is 4.55 Å². The van der Waals surface area contributed by atoms with Gasteiger partial charge in [0.2, 0.25) is 0 Å². The van der Waals surface area contributed by atoms with E-state index in [-0.39, 0.29) is 5.75 Å². The topological polar surface area (TPSA) is 50.2 Å². The van der Waals surface area contributed by atoms with E-state index < -0.39 is 11.1 Å². The Bertz CT molecular complexity index is 275. The summed E-state index contributed by atoms with van der Waals surface area (Å²) in [4.78, 5) is 3.97. The summed E-state index contributed by atoms with van der Waals surface area (Å²) in [6.07, 6.45) is 1.64. The van der Waals surface area contributed by atoms with E-state index in [1.165, 1.54) is 0 Å². The molecule has 0 radical (unpaired) electrons. The van der Waals surface area contributed by atoms with Gasteiger partial charge >= 0.3 is 0 Å². The quantitative estimate of drug-likeness (QED) is 0.678. The molecule has 3 nitrogen and oxygen atoms in total. The second-order valence-corrected chi connectivity index (χ2v) is 3.20. The fourth-order valence-corrected chi connectivity index (χ4v) is 1.30. The molecule has 0 saturated carbocycles. The second-order valence-electron chi connectivity index (χ2n) is 2.27. The van der Waals surface area contributed by atoms with Crippen molar-refractivity contribution >= 4 is 11.1 Å². The molecular weight excluding hydrogens is 162 g/mol. The first-order valence-electron chi connectivity index (χ1n) is 3.17. The molecule has 4 heteroatoms. The first-order chi connectivity index (χ1) is 5.18. The number of hydrogen-bond acceptors (Lipinski definition) is 2. The van der Waals surface area contributed by atoms with Crippen molar-refractivity contribution in [3.8, 4) is 0 Å². The van der Waals surface area contributed by atoms with E-state index in [0.29, 0.717) is 0 Å². The summed E-state index contributed by atoms with van der Waals surface area (Å²) < 4.78 is 18.9. The minimum Gasteiger partial charge on any atom is -0.306 e. The van der Waals surface area contributed by atoms with Gasteiger partial charge in [0, 0.05) is 11.9 Å². The number of rotatable bonds is 2. The monoisotopic (exact) mass is 171 g/mol. The predicted molar refractivity (Wildman–Crippen MR) is 43.4 cm³/mol. The molecule has 1 unspecified atom stereocenters. The van der Waals surface area contributed by atoms with Gasteiger partial charge in [-0.1, -0.05) is 0 Å². The van der Waals surface area contributed by atoms with Crippen LogP contribution in [0.25, 0.3) is 0 Å². The Morgan fingerprint density at radius 2 is 2.45 bits per heavy atom. The molecule has 0 fully saturated rings. The highest BCUT2D eigenvalue weighted by Crippen LogP contribution is 2.02. The van der Waals surface area contributed by atoms with E-state index in [9.17, 15) is 4.21 Å². The van der Waals surface area contributed by atoms with Crippen LogP contribution < -0.4 is 0 Å². The number of pyridine rings is 1. The van der Waals surface area contributed by atoms with E-state index in [1.807, 2.05) is 6.92 Å².